The minimum absolute atomic E-state index is 0.0818. The van der Waals surface area contributed by atoms with E-state index >= 15 is 0 Å². The number of terminal acetylenes is 1. The number of rotatable bonds is 9. The van der Waals surface area contributed by atoms with Crippen molar-refractivity contribution in [2.24, 2.45) is 0 Å². The fraction of sp³-hybridized carbons (Fsp3) is 0.286. The van der Waals surface area contributed by atoms with E-state index in [2.05, 4.69) is 16.0 Å². The molecule has 0 aliphatic heterocycles. The number of alkyl halides is 2. The van der Waals surface area contributed by atoms with Crippen LogP contribution in [0.5, 0.6) is 5.75 Å². The van der Waals surface area contributed by atoms with E-state index in [0.29, 0.717) is 19.6 Å². The third kappa shape index (κ3) is 7.47. The Morgan fingerprint density at radius 2 is 1.78 bits per heavy atom. The molecule has 0 unspecified atom stereocenters. The Kier molecular flexibility index (Phi) is 7.78. The van der Waals surface area contributed by atoms with Gasteiger partial charge in [-0.25, -0.2) is 0 Å². The minimum Gasteiger partial charge on any atom is -0.435 e. The zero-order valence-corrected chi connectivity index (χ0v) is 15.1. The predicted octanol–water partition coefficient (Wildman–Crippen LogP) is 3.35. The quantitative estimate of drug-likeness (QED) is 0.687. The number of halogens is 2. The number of amides is 1. The van der Waals surface area contributed by atoms with Crippen LogP contribution in [0.15, 0.2) is 48.5 Å². The average molecular weight is 372 g/mol. The average Bonchev–Trinajstić information content (AvgIpc) is 2.63. The van der Waals surface area contributed by atoms with Gasteiger partial charge in [-0.1, -0.05) is 47.9 Å². The van der Waals surface area contributed by atoms with E-state index in [1.54, 1.807) is 12.1 Å². The van der Waals surface area contributed by atoms with E-state index in [0.717, 1.165) is 11.1 Å². The summed E-state index contributed by atoms with van der Waals surface area (Å²) < 4.78 is 28.6. The molecule has 0 radical (unpaired) electrons. The Hall–Kier alpha value is -2.91. The van der Waals surface area contributed by atoms with Gasteiger partial charge in [0, 0.05) is 13.1 Å². The van der Waals surface area contributed by atoms with Gasteiger partial charge in [-0.15, -0.1) is 6.42 Å². The Labute approximate surface area is 158 Å². The van der Waals surface area contributed by atoms with Gasteiger partial charge in [0.2, 0.25) is 5.91 Å². The molecule has 0 saturated heterocycles. The fourth-order valence-corrected chi connectivity index (χ4v) is 2.50. The first-order valence-electron chi connectivity index (χ1n) is 8.48. The Morgan fingerprint density at radius 1 is 1.15 bits per heavy atom. The number of carbonyl (C=O) groups excluding carboxylic acids is 1. The standard InChI is InChI=1S/C21H22F2N2O2/c1-3-12-25(14-18-6-4-16(2)5-7-18)15-20(26)24-13-17-8-10-19(11-9-17)27-21(22)23/h1,4-11,21H,12-15H2,2H3,(H,24,26). The molecule has 0 atom stereocenters. The zero-order chi connectivity index (χ0) is 19.6. The van der Waals surface area contributed by atoms with Gasteiger partial charge >= 0.3 is 6.61 Å². The van der Waals surface area contributed by atoms with Gasteiger partial charge in [-0.3, -0.25) is 9.69 Å². The van der Waals surface area contributed by atoms with Crippen molar-refractivity contribution in [3.63, 3.8) is 0 Å². The predicted molar refractivity (Wildman–Crippen MR) is 100 cm³/mol. The van der Waals surface area contributed by atoms with E-state index in [-0.39, 0.29) is 18.2 Å². The Balaban J connectivity index is 1.84. The van der Waals surface area contributed by atoms with Crippen LogP contribution in [-0.2, 0) is 17.9 Å². The number of aryl methyl sites for hydroxylation is 1. The third-order valence-electron chi connectivity index (χ3n) is 3.85. The Morgan fingerprint density at radius 3 is 2.37 bits per heavy atom. The monoisotopic (exact) mass is 372 g/mol. The first-order chi connectivity index (χ1) is 13.0. The van der Waals surface area contributed by atoms with Crippen molar-refractivity contribution in [2.45, 2.75) is 26.6 Å². The Bertz CT molecular complexity index is 768. The molecular formula is C21H22F2N2O2. The van der Waals surface area contributed by atoms with Crippen LogP contribution in [0, 0.1) is 19.3 Å². The lowest BCUT2D eigenvalue weighted by molar-refractivity contribution is -0.122. The smallest absolute Gasteiger partial charge is 0.387 e. The molecule has 2 aromatic rings. The molecule has 0 aliphatic rings. The lowest BCUT2D eigenvalue weighted by Gasteiger charge is -2.19. The molecular weight excluding hydrogens is 350 g/mol. The maximum absolute atomic E-state index is 12.2. The molecule has 0 spiro atoms. The van der Waals surface area contributed by atoms with Crippen LogP contribution in [-0.4, -0.2) is 30.5 Å². The summed E-state index contributed by atoms with van der Waals surface area (Å²) in [6.07, 6.45) is 5.41. The number of hydrogen-bond acceptors (Lipinski definition) is 3. The summed E-state index contributed by atoms with van der Waals surface area (Å²) >= 11 is 0. The van der Waals surface area contributed by atoms with Gasteiger partial charge in [0.25, 0.3) is 0 Å². The maximum atomic E-state index is 12.2. The summed E-state index contributed by atoms with van der Waals surface area (Å²) in [5.41, 5.74) is 3.04. The van der Waals surface area contributed by atoms with Gasteiger partial charge in [0.05, 0.1) is 13.1 Å². The molecule has 6 heteroatoms. The summed E-state index contributed by atoms with van der Waals surface area (Å²) in [5, 5.41) is 2.80. The molecule has 142 valence electrons. The molecule has 2 aromatic carbocycles. The second-order valence-electron chi connectivity index (χ2n) is 6.13. The highest BCUT2D eigenvalue weighted by Crippen LogP contribution is 2.14. The van der Waals surface area contributed by atoms with Gasteiger partial charge in [0.15, 0.2) is 0 Å². The van der Waals surface area contributed by atoms with Gasteiger partial charge in [0.1, 0.15) is 5.75 Å². The number of carbonyl (C=O) groups is 1. The number of nitrogens with zero attached hydrogens (tertiary/aromatic N) is 1. The third-order valence-corrected chi connectivity index (χ3v) is 3.85. The second-order valence-corrected chi connectivity index (χ2v) is 6.13. The zero-order valence-electron chi connectivity index (χ0n) is 15.1. The molecule has 0 aromatic heterocycles. The molecule has 1 amide bonds. The normalized spacial score (nSPS) is 10.7. The molecule has 2 rings (SSSR count). The molecule has 0 heterocycles. The van der Waals surface area contributed by atoms with E-state index in [9.17, 15) is 13.6 Å². The van der Waals surface area contributed by atoms with Crippen LogP contribution >= 0.6 is 0 Å². The van der Waals surface area contributed by atoms with Gasteiger partial charge in [-0.2, -0.15) is 8.78 Å². The van der Waals surface area contributed by atoms with Crippen molar-refractivity contribution in [1.82, 2.24) is 10.2 Å². The molecule has 0 bridgehead atoms. The molecule has 27 heavy (non-hydrogen) atoms. The van der Waals surface area contributed by atoms with Crippen molar-refractivity contribution < 1.29 is 18.3 Å². The molecule has 0 saturated carbocycles. The largest absolute Gasteiger partial charge is 0.435 e. The molecule has 0 aliphatic carbocycles. The fourth-order valence-electron chi connectivity index (χ4n) is 2.50. The maximum Gasteiger partial charge on any atom is 0.387 e. The van der Waals surface area contributed by atoms with Crippen molar-refractivity contribution in [3.8, 4) is 18.1 Å². The summed E-state index contributed by atoms with van der Waals surface area (Å²) in [6.45, 7) is 0.569. The van der Waals surface area contributed by atoms with Gasteiger partial charge in [-0.05, 0) is 30.2 Å². The summed E-state index contributed by atoms with van der Waals surface area (Å²) in [5.74, 6) is 2.49. The van der Waals surface area contributed by atoms with Crippen molar-refractivity contribution in [1.29, 1.82) is 0 Å². The number of hydrogen-bond donors (Lipinski definition) is 1. The topological polar surface area (TPSA) is 41.6 Å². The van der Waals surface area contributed by atoms with Crippen LogP contribution in [0.25, 0.3) is 0 Å². The lowest BCUT2D eigenvalue weighted by atomic mass is 10.1. The highest BCUT2D eigenvalue weighted by atomic mass is 19.3. The van der Waals surface area contributed by atoms with Gasteiger partial charge < -0.3 is 10.1 Å². The van der Waals surface area contributed by atoms with Crippen molar-refractivity contribution in [2.75, 3.05) is 13.1 Å². The second kappa shape index (κ2) is 10.3. The van der Waals surface area contributed by atoms with Crippen molar-refractivity contribution in [3.05, 3.63) is 65.2 Å². The van der Waals surface area contributed by atoms with E-state index in [4.69, 9.17) is 6.42 Å². The molecule has 4 nitrogen and oxygen atoms in total. The first-order valence-corrected chi connectivity index (χ1v) is 8.48. The van der Waals surface area contributed by atoms with Crippen LogP contribution in [0.4, 0.5) is 8.78 Å². The molecule has 1 N–H and O–H groups in total. The van der Waals surface area contributed by atoms with Crippen molar-refractivity contribution >= 4 is 5.91 Å². The highest BCUT2D eigenvalue weighted by Gasteiger charge is 2.11. The summed E-state index contributed by atoms with van der Waals surface area (Å²) in [7, 11) is 0. The SMILES string of the molecule is C#CCN(CC(=O)NCc1ccc(OC(F)F)cc1)Cc1ccc(C)cc1. The van der Waals surface area contributed by atoms with E-state index in [1.165, 1.54) is 17.7 Å². The summed E-state index contributed by atoms with van der Waals surface area (Å²) in [6, 6.07) is 14.2. The van der Waals surface area contributed by atoms with Crippen LogP contribution in [0.2, 0.25) is 0 Å². The van der Waals surface area contributed by atoms with Crippen LogP contribution in [0.3, 0.4) is 0 Å². The highest BCUT2D eigenvalue weighted by molar-refractivity contribution is 5.78. The lowest BCUT2D eigenvalue weighted by Crippen LogP contribution is -2.36. The molecule has 0 fully saturated rings. The van der Waals surface area contributed by atoms with E-state index < -0.39 is 6.61 Å². The first kappa shape index (κ1) is 20.4. The van der Waals surface area contributed by atoms with Crippen LogP contribution < -0.4 is 10.1 Å². The minimum atomic E-state index is -2.86. The van der Waals surface area contributed by atoms with E-state index in [1.807, 2.05) is 36.1 Å². The number of ether oxygens (including phenoxy) is 1. The summed E-state index contributed by atoms with van der Waals surface area (Å²) in [4.78, 5) is 14.1. The number of nitrogens with one attached hydrogen (secondary N) is 1. The van der Waals surface area contributed by atoms with Crippen LogP contribution in [0.1, 0.15) is 16.7 Å². The number of benzene rings is 2.